The van der Waals surface area contributed by atoms with Crippen LogP contribution in [0.4, 0.5) is 0 Å². The van der Waals surface area contributed by atoms with E-state index in [1.807, 2.05) is 0 Å². The zero-order valence-electron chi connectivity index (χ0n) is 8.21. The van der Waals surface area contributed by atoms with Gasteiger partial charge in [-0.05, 0) is 45.6 Å². The molecule has 2 N–H and O–H groups in total. The molecule has 2 heteroatoms. The van der Waals surface area contributed by atoms with Crippen LogP contribution in [-0.2, 0) is 0 Å². The Morgan fingerprint density at radius 1 is 1.50 bits per heavy atom. The number of fused-ring (bicyclic) bond motifs is 1. The molecule has 2 fully saturated rings. The van der Waals surface area contributed by atoms with Gasteiger partial charge in [-0.3, -0.25) is 4.90 Å². The van der Waals surface area contributed by atoms with Crippen molar-refractivity contribution in [1.82, 2.24) is 4.90 Å². The molecule has 2 atom stereocenters. The summed E-state index contributed by atoms with van der Waals surface area (Å²) in [6.07, 6.45) is 4.29. The highest BCUT2D eigenvalue weighted by Gasteiger charge is 2.44. The Kier molecular flexibility index (Phi) is 1.92. The minimum Gasteiger partial charge on any atom is -0.324 e. The molecule has 1 aliphatic heterocycles. The Bertz CT molecular complexity index is 171. The van der Waals surface area contributed by atoms with Gasteiger partial charge in [-0.2, -0.15) is 0 Å². The summed E-state index contributed by atoms with van der Waals surface area (Å²) in [5, 5.41) is 0. The fourth-order valence-corrected chi connectivity index (χ4v) is 2.43. The van der Waals surface area contributed by atoms with Crippen molar-refractivity contribution in [2.45, 2.75) is 44.7 Å². The third-order valence-electron chi connectivity index (χ3n) is 2.99. The molecule has 0 spiro atoms. The Morgan fingerprint density at radius 3 is 2.92 bits per heavy atom. The molecular formula is C10H20N2. The van der Waals surface area contributed by atoms with Crippen molar-refractivity contribution in [3.63, 3.8) is 0 Å². The summed E-state index contributed by atoms with van der Waals surface area (Å²) in [5.41, 5.74) is 6.00. The maximum atomic E-state index is 6.01. The topological polar surface area (TPSA) is 29.3 Å². The predicted molar refractivity (Wildman–Crippen MR) is 51.0 cm³/mol. The molecule has 0 aromatic carbocycles. The molecule has 0 bridgehead atoms. The first-order valence-corrected chi connectivity index (χ1v) is 5.09. The Labute approximate surface area is 75.1 Å². The van der Waals surface area contributed by atoms with Crippen molar-refractivity contribution in [2.75, 3.05) is 13.1 Å². The molecule has 0 amide bonds. The molecule has 2 aliphatic rings. The lowest BCUT2D eigenvalue weighted by Gasteiger charge is -2.32. The first-order chi connectivity index (χ1) is 5.56. The fourth-order valence-electron chi connectivity index (χ4n) is 2.43. The molecule has 2 nitrogen and oxygen atoms in total. The van der Waals surface area contributed by atoms with Crippen LogP contribution in [0.2, 0.25) is 0 Å². The average Bonchev–Trinajstić information content (AvgIpc) is 2.62. The SMILES string of the molecule is CC(C)(N)CN1CCCC2CC21. The van der Waals surface area contributed by atoms with Gasteiger partial charge in [0, 0.05) is 18.1 Å². The van der Waals surface area contributed by atoms with Crippen molar-refractivity contribution in [2.24, 2.45) is 11.7 Å². The first kappa shape index (κ1) is 8.52. The molecule has 2 unspecified atom stereocenters. The summed E-state index contributed by atoms with van der Waals surface area (Å²) in [7, 11) is 0. The quantitative estimate of drug-likeness (QED) is 0.671. The van der Waals surface area contributed by atoms with E-state index in [-0.39, 0.29) is 5.54 Å². The van der Waals surface area contributed by atoms with Gasteiger partial charge in [0.25, 0.3) is 0 Å². The Hall–Kier alpha value is -0.0800. The van der Waals surface area contributed by atoms with Crippen LogP contribution in [0.3, 0.4) is 0 Å². The van der Waals surface area contributed by atoms with Crippen LogP contribution in [0.1, 0.15) is 33.1 Å². The fraction of sp³-hybridized carbons (Fsp3) is 1.00. The van der Waals surface area contributed by atoms with E-state index >= 15 is 0 Å². The van der Waals surface area contributed by atoms with E-state index in [4.69, 9.17) is 5.73 Å². The minimum atomic E-state index is -0.00944. The van der Waals surface area contributed by atoms with Crippen LogP contribution in [0, 0.1) is 5.92 Å². The van der Waals surface area contributed by atoms with Crippen molar-refractivity contribution in [3.05, 3.63) is 0 Å². The molecule has 12 heavy (non-hydrogen) atoms. The highest BCUT2D eigenvalue weighted by atomic mass is 15.2. The molecule has 0 aromatic heterocycles. The predicted octanol–water partition coefficient (Wildman–Crippen LogP) is 1.21. The maximum absolute atomic E-state index is 6.01. The van der Waals surface area contributed by atoms with Gasteiger partial charge in [-0.25, -0.2) is 0 Å². The third kappa shape index (κ3) is 1.80. The number of nitrogens with zero attached hydrogens (tertiary/aromatic N) is 1. The number of nitrogens with two attached hydrogens (primary N) is 1. The summed E-state index contributed by atoms with van der Waals surface area (Å²) < 4.78 is 0. The van der Waals surface area contributed by atoms with Gasteiger partial charge in [0.15, 0.2) is 0 Å². The van der Waals surface area contributed by atoms with E-state index in [1.54, 1.807) is 0 Å². The Morgan fingerprint density at radius 2 is 2.25 bits per heavy atom. The van der Waals surface area contributed by atoms with Crippen LogP contribution in [0.5, 0.6) is 0 Å². The van der Waals surface area contributed by atoms with E-state index < -0.39 is 0 Å². The number of likely N-dealkylation sites (tertiary alicyclic amines) is 1. The van der Waals surface area contributed by atoms with E-state index in [0.717, 1.165) is 18.5 Å². The van der Waals surface area contributed by atoms with Crippen molar-refractivity contribution in [3.8, 4) is 0 Å². The molecular weight excluding hydrogens is 148 g/mol. The van der Waals surface area contributed by atoms with Crippen LogP contribution >= 0.6 is 0 Å². The van der Waals surface area contributed by atoms with E-state index in [2.05, 4.69) is 18.7 Å². The third-order valence-corrected chi connectivity index (χ3v) is 2.99. The van der Waals surface area contributed by atoms with Gasteiger partial charge in [0.2, 0.25) is 0 Å². The summed E-state index contributed by atoms with van der Waals surface area (Å²) in [5.74, 6) is 1.03. The number of piperidine rings is 1. The molecule has 1 heterocycles. The van der Waals surface area contributed by atoms with Gasteiger partial charge in [-0.1, -0.05) is 0 Å². The normalized spacial score (nSPS) is 36.2. The second-order valence-electron chi connectivity index (χ2n) is 5.16. The zero-order valence-corrected chi connectivity index (χ0v) is 8.21. The standard InChI is InChI=1S/C10H20N2/c1-10(2,11)7-12-5-3-4-8-6-9(8)12/h8-9H,3-7,11H2,1-2H3. The molecule has 2 rings (SSSR count). The molecule has 70 valence electrons. The zero-order chi connectivity index (χ0) is 8.77. The van der Waals surface area contributed by atoms with Gasteiger partial charge >= 0.3 is 0 Å². The molecule has 0 radical (unpaired) electrons. The van der Waals surface area contributed by atoms with Crippen LogP contribution in [0.15, 0.2) is 0 Å². The van der Waals surface area contributed by atoms with Crippen molar-refractivity contribution < 1.29 is 0 Å². The summed E-state index contributed by atoms with van der Waals surface area (Å²) in [6, 6.07) is 0.904. The highest BCUT2D eigenvalue weighted by molar-refractivity contribution is 4.99. The number of rotatable bonds is 2. The van der Waals surface area contributed by atoms with Crippen LogP contribution in [-0.4, -0.2) is 29.6 Å². The summed E-state index contributed by atoms with van der Waals surface area (Å²) >= 11 is 0. The second kappa shape index (κ2) is 2.71. The highest BCUT2D eigenvalue weighted by Crippen LogP contribution is 2.43. The molecule has 1 saturated carbocycles. The number of hydrogen-bond acceptors (Lipinski definition) is 2. The number of hydrogen-bond donors (Lipinski definition) is 1. The monoisotopic (exact) mass is 168 g/mol. The summed E-state index contributed by atoms with van der Waals surface area (Å²) in [6.45, 7) is 6.61. The van der Waals surface area contributed by atoms with Gasteiger partial charge in [0.1, 0.15) is 0 Å². The van der Waals surface area contributed by atoms with E-state index in [9.17, 15) is 0 Å². The largest absolute Gasteiger partial charge is 0.324 e. The van der Waals surface area contributed by atoms with E-state index in [0.29, 0.717) is 0 Å². The van der Waals surface area contributed by atoms with Gasteiger partial charge < -0.3 is 5.73 Å². The molecule has 1 saturated heterocycles. The lowest BCUT2D eigenvalue weighted by atomic mass is 10.0. The van der Waals surface area contributed by atoms with Gasteiger partial charge in [0.05, 0.1) is 0 Å². The van der Waals surface area contributed by atoms with E-state index in [1.165, 1.54) is 25.8 Å². The van der Waals surface area contributed by atoms with Crippen molar-refractivity contribution in [1.29, 1.82) is 0 Å². The smallest absolute Gasteiger partial charge is 0.0226 e. The molecule has 0 aromatic rings. The lowest BCUT2D eigenvalue weighted by molar-refractivity contribution is 0.180. The van der Waals surface area contributed by atoms with Crippen molar-refractivity contribution >= 4 is 0 Å². The first-order valence-electron chi connectivity index (χ1n) is 5.09. The summed E-state index contributed by atoms with van der Waals surface area (Å²) in [4.78, 5) is 2.59. The maximum Gasteiger partial charge on any atom is 0.0226 e. The molecule has 1 aliphatic carbocycles. The lowest BCUT2D eigenvalue weighted by Crippen LogP contribution is -2.47. The minimum absolute atomic E-state index is 0.00944. The average molecular weight is 168 g/mol. The van der Waals surface area contributed by atoms with Crippen LogP contribution in [0.25, 0.3) is 0 Å². The second-order valence-corrected chi connectivity index (χ2v) is 5.16. The Balaban J connectivity index is 1.87. The van der Waals surface area contributed by atoms with Crippen LogP contribution < -0.4 is 5.73 Å². The van der Waals surface area contributed by atoms with Gasteiger partial charge in [-0.15, -0.1) is 0 Å².